The molecule has 1 spiro atoms. The number of methoxy groups -OCH3 is 1. The zero-order chi connectivity index (χ0) is 24.9. The van der Waals surface area contributed by atoms with Crippen LogP contribution in [0.1, 0.15) is 40.1 Å². The molecule has 0 aliphatic carbocycles. The number of nitrogens with one attached hydrogen (secondary N) is 1. The fraction of sp³-hybridized carbons (Fsp3) is 0.280. The van der Waals surface area contributed by atoms with Crippen molar-refractivity contribution in [1.82, 2.24) is 30.5 Å². The minimum Gasteiger partial charge on any atom is -0.507 e. The molecule has 11 nitrogen and oxygen atoms in total. The first kappa shape index (κ1) is 22.1. The van der Waals surface area contributed by atoms with Gasteiger partial charge in [-0.15, -0.1) is 5.10 Å². The molecule has 0 atom stereocenters. The summed E-state index contributed by atoms with van der Waals surface area (Å²) in [5.41, 5.74) is 0.710. The Morgan fingerprint density at radius 1 is 1.19 bits per heavy atom. The molecule has 0 amide bonds. The van der Waals surface area contributed by atoms with Gasteiger partial charge < -0.3 is 19.9 Å². The molecule has 2 aliphatic heterocycles. The number of pyridine rings is 1. The largest absolute Gasteiger partial charge is 0.507 e. The molecule has 6 rings (SSSR count). The van der Waals surface area contributed by atoms with Crippen LogP contribution in [0.5, 0.6) is 17.2 Å². The van der Waals surface area contributed by atoms with Crippen LogP contribution in [-0.2, 0) is 0 Å². The topological polar surface area (TPSA) is 141 Å². The summed E-state index contributed by atoms with van der Waals surface area (Å²) in [6, 6.07) is 11.4. The molecule has 4 aromatic rings. The molecule has 0 unspecified atom stereocenters. The Morgan fingerprint density at radius 3 is 2.83 bits per heavy atom. The monoisotopic (exact) mass is 486 g/mol. The summed E-state index contributed by atoms with van der Waals surface area (Å²) < 4.78 is 12.6. The Labute approximate surface area is 205 Å². The molecular weight excluding hydrogens is 464 g/mol. The predicted molar refractivity (Wildman–Crippen MR) is 127 cm³/mol. The molecule has 11 heteroatoms. The van der Waals surface area contributed by atoms with Crippen LogP contribution in [0.2, 0.25) is 0 Å². The minimum atomic E-state index is -0.646. The maximum atomic E-state index is 13.4. The summed E-state index contributed by atoms with van der Waals surface area (Å²) >= 11 is 0. The molecule has 182 valence electrons. The van der Waals surface area contributed by atoms with Gasteiger partial charge in [-0.2, -0.15) is 4.68 Å². The summed E-state index contributed by atoms with van der Waals surface area (Å²) in [5.74, 6) is 0.287. The number of Topliss-reactive ketones (excluding diaryl/α,β-unsaturated/α-hetero) is 1. The second kappa shape index (κ2) is 8.38. The lowest BCUT2D eigenvalue weighted by molar-refractivity contribution is 0.0187. The maximum Gasteiger partial charge on any atom is 0.300 e. The molecule has 2 aromatic carbocycles. The Hall–Kier alpha value is -4.38. The minimum absolute atomic E-state index is 0.0152. The third kappa shape index (κ3) is 3.55. The van der Waals surface area contributed by atoms with E-state index in [1.165, 1.54) is 13.2 Å². The van der Waals surface area contributed by atoms with Gasteiger partial charge in [0.2, 0.25) is 0 Å². The first-order chi connectivity index (χ1) is 17.5. The van der Waals surface area contributed by atoms with Gasteiger partial charge in [-0.25, -0.2) is 4.98 Å². The van der Waals surface area contributed by atoms with Crippen LogP contribution in [0, 0.1) is 0 Å². The van der Waals surface area contributed by atoms with E-state index < -0.39 is 11.5 Å². The molecule has 4 heterocycles. The van der Waals surface area contributed by atoms with Gasteiger partial charge in [-0.3, -0.25) is 9.59 Å². The van der Waals surface area contributed by atoms with Gasteiger partial charge in [0, 0.05) is 29.9 Å². The highest BCUT2D eigenvalue weighted by atomic mass is 16.5. The molecule has 0 bridgehead atoms. The second-order valence-electron chi connectivity index (χ2n) is 8.95. The highest BCUT2D eigenvalue weighted by Crippen LogP contribution is 2.39. The first-order valence-corrected chi connectivity index (χ1v) is 11.6. The van der Waals surface area contributed by atoms with Gasteiger partial charge in [-0.1, -0.05) is 6.07 Å². The third-order valence-electron chi connectivity index (χ3n) is 6.74. The summed E-state index contributed by atoms with van der Waals surface area (Å²) in [5, 5.41) is 25.8. The summed E-state index contributed by atoms with van der Waals surface area (Å²) in [4.78, 5) is 30.8. The summed E-state index contributed by atoms with van der Waals surface area (Å²) in [6.45, 7) is 1.61. The van der Waals surface area contributed by atoms with Crippen molar-refractivity contribution in [2.24, 2.45) is 0 Å². The molecule has 2 N–H and O–H groups in total. The fourth-order valence-electron chi connectivity index (χ4n) is 4.89. The van der Waals surface area contributed by atoms with E-state index in [1.807, 2.05) is 0 Å². The van der Waals surface area contributed by atoms with Crippen molar-refractivity contribution in [3.05, 3.63) is 53.7 Å². The third-order valence-corrected chi connectivity index (χ3v) is 6.74. The lowest BCUT2D eigenvalue weighted by Gasteiger charge is -2.40. The number of hydrogen-bond acceptors (Lipinski definition) is 10. The van der Waals surface area contributed by atoms with Crippen LogP contribution in [0.15, 0.2) is 42.5 Å². The van der Waals surface area contributed by atoms with Gasteiger partial charge in [0.05, 0.1) is 19.1 Å². The molecule has 0 saturated carbocycles. The van der Waals surface area contributed by atoms with Crippen molar-refractivity contribution in [2.45, 2.75) is 24.9 Å². The number of hydrogen-bond donors (Lipinski definition) is 2. The molecule has 2 aliphatic rings. The number of nitrogens with zero attached hydrogens (tertiary/aromatic N) is 5. The number of carbonyl (C=O) groups excluding carboxylic acids is 2. The van der Waals surface area contributed by atoms with Gasteiger partial charge in [0.15, 0.2) is 11.6 Å². The molecular formula is C25H22N6O5. The number of aromatic nitrogens is 5. The van der Waals surface area contributed by atoms with Crippen molar-refractivity contribution in [3.8, 4) is 28.6 Å². The Morgan fingerprint density at radius 2 is 2.03 bits per heavy atom. The maximum absolute atomic E-state index is 13.4. The molecule has 36 heavy (non-hydrogen) atoms. The van der Waals surface area contributed by atoms with Crippen molar-refractivity contribution in [2.75, 3.05) is 20.2 Å². The second-order valence-corrected chi connectivity index (χ2v) is 8.95. The number of ketones is 1. The Kier molecular flexibility index (Phi) is 5.15. The van der Waals surface area contributed by atoms with Crippen LogP contribution in [0.4, 0.5) is 0 Å². The number of para-hydroxylation sites is 1. The van der Waals surface area contributed by atoms with Crippen LogP contribution in [-0.4, -0.2) is 67.8 Å². The number of aromatic hydroxyl groups is 1. The van der Waals surface area contributed by atoms with Crippen molar-refractivity contribution >= 4 is 22.6 Å². The smallest absolute Gasteiger partial charge is 0.300 e. The molecule has 1 saturated heterocycles. The van der Waals surface area contributed by atoms with Gasteiger partial charge in [0.25, 0.3) is 5.91 Å². The number of carbonyl (C=O) groups is 2. The van der Waals surface area contributed by atoms with Crippen molar-refractivity contribution < 1.29 is 24.2 Å². The SMILES string of the molecule is COc1cccc2c(O)cc(C(=O)n3nnnc3-c3ccc4c(c3)C(=O)CC3(CCNCC3)O4)nc12. The van der Waals surface area contributed by atoms with E-state index in [1.54, 1.807) is 36.4 Å². The highest BCUT2D eigenvalue weighted by molar-refractivity contribution is 6.02. The number of rotatable bonds is 3. The number of tetrazole rings is 1. The highest BCUT2D eigenvalue weighted by Gasteiger charge is 2.41. The van der Waals surface area contributed by atoms with Crippen molar-refractivity contribution in [1.29, 1.82) is 0 Å². The Balaban J connectivity index is 1.37. The average molecular weight is 486 g/mol. The van der Waals surface area contributed by atoms with Gasteiger partial charge in [-0.05, 0) is 53.8 Å². The van der Waals surface area contributed by atoms with E-state index in [0.29, 0.717) is 39.9 Å². The molecule has 1 fully saturated rings. The van der Waals surface area contributed by atoms with Crippen LogP contribution in [0.3, 0.4) is 0 Å². The zero-order valence-electron chi connectivity index (χ0n) is 19.4. The molecule has 0 radical (unpaired) electrons. The van der Waals surface area contributed by atoms with Crippen LogP contribution in [0.25, 0.3) is 22.3 Å². The number of piperidine rings is 1. The van der Waals surface area contributed by atoms with E-state index in [4.69, 9.17) is 9.47 Å². The fourth-order valence-corrected chi connectivity index (χ4v) is 4.89. The standard InChI is InChI=1S/C25H22N6O5/c1-35-21-4-2-3-15-18(32)12-17(27-22(15)21)24(34)31-23(28-29-30-31)14-5-6-20-16(11-14)19(33)13-25(36-20)7-9-26-10-8-25/h2-6,11-12,26H,7-10,13H2,1H3,(H,27,32). The van der Waals surface area contributed by atoms with E-state index >= 15 is 0 Å². The number of ether oxygens (including phenoxy) is 2. The average Bonchev–Trinajstić information content (AvgIpc) is 3.38. The molecule has 2 aromatic heterocycles. The van der Waals surface area contributed by atoms with E-state index in [9.17, 15) is 14.7 Å². The normalized spacial score (nSPS) is 16.5. The predicted octanol–water partition coefficient (Wildman–Crippen LogP) is 2.38. The van der Waals surface area contributed by atoms with E-state index in [0.717, 1.165) is 30.6 Å². The van der Waals surface area contributed by atoms with Gasteiger partial charge >= 0.3 is 0 Å². The summed E-state index contributed by atoms with van der Waals surface area (Å²) in [7, 11) is 1.48. The lowest BCUT2D eigenvalue weighted by atomic mass is 9.83. The van der Waals surface area contributed by atoms with Crippen LogP contribution >= 0.6 is 0 Å². The lowest BCUT2D eigenvalue weighted by Crippen LogP contribution is -2.49. The Bertz CT molecular complexity index is 1520. The number of benzene rings is 2. The first-order valence-electron chi connectivity index (χ1n) is 11.6. The summed E-state index contributed by atoms with van der Waals surface area (Å²) in [6.07, 6.45) is 1.84. The quantitative estimate of drug-likeness (QED) is 0.415. The number of fused-ring (bicyclic) bond motifs is 2. The van der Waals surface area contributed by atoms with E-state index in [-0.39, 0.29) is 23.1 Å². The van der Waals surface area contributed by atoms with E-state index in [2.05, 4.69) is 25.8 Å². The van der Waals surface area contributed by atoms with Crippen LogP contribution < -0.4 is 14.8 Å². The zero-order valence-corrected chi connectivity index (χ0v) is 19.4. The van der Waals surface area contributed by atoms with Crippen molar-refractivity contribution in [3.63, 3.8) is 0 Å². The van der Waals surface area contributed by atoms with Gasteiger partial charge in [0.1, 0.15) is 34.1 Å².